The lowest BCUT2D eigenvalue weighted by molar-refractivity contribution is 0.0925. The molecule has 1 amide bonds. The van der Waals surface area contributed by atoms with E-state index in [-0.39, 0.29) is 23.8 Å². The van der Waals surface area contributed by atoms with E-state index < -0.39 is 0 Å². The van der Waals surface area contributed by atoms with Crippen molar-refractivity contribution in [1.29, 1.82) is 5.41 Å². The maximum Gasteiger partial charge on any atom is 0.261 e. The van der Waals surface area contributed by atoms with Gasteiger partial charge in [0.25, 0.3) is 5.91 Å². The summed E-state index contributed by atoms with van der Waals surface area (Å²) in [6.45, 7) is 4.36. The van der Waals surface area contributed by atoms with Crippen LogP contribution in [0.2, 0.25) is 0 Å². The number of aliphatic imine (C=N–C) groups is 1. The van der Waals surface area contributed by atoms with E-state index in [1.54, 1.807) is 18.3 Å². The number of carbonyl (C=O) groups is 1. The highest BCUT2D eigenvalue weighted by atomic mass is 32.1. The van der Waals surface area contributed by atoms with Gasteiger partial charge in [-0.05, 0) is 49.8 Å². The van der Waals surface area contributed by atoms with Crippen molar-refractivity contribution < 1.29 is 4.79 Å². The average Bonchev–Trinajstić information content (AvgIpc) is 3.43. The molecule has 34 heavy (non-hydrogen) atoms. The van der Waals surface area contributed by atoms with Gasteiger partial charge in [0.05, 0.1) is 21.5 Å². The van der Waals surface area contributed by atoms with Crippen LogP contribution >= 0.6 is 11.3 Å². The number of hydrogen-bond acceptors (Lipinski definition) is 5. The molecule has 1 fully saturated rings. The molecule has 0 radical (unpaired) electrons. The molecule has 1 aliphatic rings. The highest BCUT2D eigenvalue weighted by Crippen LogP contribution is 2.34. The zero-order valence-electron chi connectivity index (χ0n) is 19.4. The molecule has 1 aliphatic carbocycles. The van der Waals surface area contributed by atoms with Crippen LogP contribution in [0.4, 0.5) is 0 Å². The summed E-state index contributed by atoms with van der Waals surface area (Å²) in [5.74, 6) is 4.17. The van der Waals surface area contributed by atoms with Gasteiger partial charge in [-0.1, -0.05) is 19.8 Å². The molecule has 0 aliphatic heterocycles. The predicted molar refractivity (Wildman–Crippen MR) is 137 cm³/mol. The monoisotopic (exact) mass is 475 g/mol. The highest BCUT2D eigenvalue weighted by molar-refractivity contribution is 7.14. The Hall–Kier alpha value is -3.51. The average molecular weight is 476 g/mol. The zero-order chi connectivity index (χ0) is 24.2. The minimum Gasteiger partial charge on any atom is -0.382 e. The largest absolute Gasteiger partial charge is 0.382 e. The van der Waals surface area contributed by atoms with Crippen LogP contribution in [0.1, 0.15) is 71.6 Å². The van der Waals surface area contributed by atoms with Crippen molar-refractivity contribution in [2.45, 2.75) is 58.0 Å². The highest BCUT2D eigenvalue weighted by Gasteiger charge is 2.28. The molecule has 4 N–H and O–H groups in total. The van der Waals surface area contributed by atoms with E-state index in [4.69, 9.17) is 22.6 Å². The van der Waals surface area contributed by atoms with E-state index in [0.29, 0.717) is 16.5 Å². The molecule has 0 unspecified atom stereocenters. The standard InChI is InChI=1S/C25H29N7OS/c1-4-18-8-9-22(34-18)25(33)30-16-6-5-7-17(11-16)32-21-12-19(24(27)29-14-26)28-13-20(21)31-23(32)10-15(2)3/h1,8-9,12-17H,5-7,10-11H2,2-3H3,(H,30,33)(H3,26,27,29)/t16-,17+/m0/s1. The lowest BCUT2D eigenvalue weighted by Gasteiger charge is -2.32. The molecular formula is C25H29N7OS. The maximum atomic E-state index is 12.8. The van der Waals surface area contributed by atoms with Crippen LogP contribution in [0, 0.1) is 23.7 Å². The maximum absolute atomic E-state index is 12.8. The number of thiophene rings is 1. The van der Waals surface area contributed by atoms with E-state index in [2.05, 4.69) is 39.6 Å². The molecule has 9 heteroatoms. The lowest BCUT2D eigenvalue weighted by atomic mass is 9.90. The Kier molecular flexibility index (Phi) is 7.08. The second-order valence-corrected chi connectivity index (χ2v) is 10.1. The molecule has 1 saturated carbocycles. The van der Waals surface area contributed by atoms with Gasteiger partial charge in [-0.2, -0.15) is 0 Å². The first-order valence-corrected chi connectivity index (χ1v) is 12.3. The number of nitrogens with one attached hydrogen (secondary N) is 2. The van der Waals surface area contributed by atoms with Gasteiger partial charge >= 0.3 is 0 Å². The molecule has 0 spiro atoms. The third-order valence-electron chi connectivity index (χ3n) is 6.02. The Balaban J connectivity index is 1.64. The Morgan fingerprint density at radius 3 is 3.00 bits per heavy atom. The second kappa shape index (κ2) is 10.2. The van der Waals surface area contributed by atoms with Crippen molar-refractivity contribution in [2.24, 2.45) is 16.6 Å². The number of amides is 1. The molecule has 3 aromatic rings. The SMILES string of the molecule is C#Cc1ccc(C(=O)N[C@H]2CCC[C@@H](n3c(CC(C)C)nc4cnc(C(N)=NC=N)cc43)C2)s1. The lowest BCUT2D eigenvalue weighted by Crippen LogP contribution is -2.38. The summed E-state index contributed by atoms with van der Waals surface area (Å²) in [6.07, 6.45) is 12.7. The van der Waals surface area contributed by atoms with E-state index >= 15 is 0 Å². The minimum atomic E-state index is -0.0721. The molecule has 3 aromatic heterocycles. The summed E-state index contributed by atoms with van der Waals surface area (Å²) in [5.41, 5.74) is 8.30. The van der Waals surface area contributed by atoms with Gasteiger partial charge in [0, 0.05) is 18.5 Å². The van der Waals surface area contributed by atoms with E-state index in [9.17, 15) is 4.79 Å². The van der Waals surface area contributed by atoms with Gasteiger partial charge < -0.3 is 15.6 Å². The van der Waals surface area contributed by atoms with Crippen molar-refractivity contribution >= 4 is 40.5 Å². The molecule has 8 nitrogen and oxygen atoms in total. The fourth-order valence-electron chi connectivity index (χ4n) is 4.56. The van der Waals surface area contributed by atoms with Crippen LogP contribution in [0.15, 0.2) is 29.4 Å². The third kappa shape index (κ3) is 5.02. The fraction of sp³-hybridized carbons (Fsp3) is 0.400. The van der Waals surface area contributed by atoms with Crippen LogP contribution < -0.4 is 11.1 Å². The summed E-state index contributed by atoms with van der Waals surface area (Å²) in [6, 6.07) is 5.76. The number of terminal acetylenes is 1. The van der Waals surface area contributed by atoms with Crippen molar-refractivity contribution in [3.63, 3.8) is 0 Å². The van der Waals surface area contributed by atoms with Crippen molar-refractivity contribution in [3.05, 3.63) is 45.7 Å². The van der Waals surface area contributed by atoms with Crippen LogP contribution in [0.25, 0.3) is 11.0 Å². The summed E-state index contributed by atoms with van der Waals surface area (Å²) < 4.78 is 2.30. The number of aromatic nitrogens is 3. The molecule has 2 atom stereocenters. The summed E-state index contributed by atoms with van der Waals surface area (Å²) >= 11 is 1.34. The topological polar surface area (TPSA) is 122 Å². The van der Waals surface area contributed by atoms with Crippen LogP contribution in [0.5, 0.6) is 0 Å². The second-order valence-electron chi connectivity index (χ2n) is 9.00. The van der Waals surface area contributed by atoms with E-state index in [1.807, 2.05) is 6.07 Å². The molecule has 4 rings (SSSR count). The number of amidine groups is 1. The first kappa shape index (κ1) is 23.6. The zero-order valence-corrected chi connectivity index (χ0v) is 20.2. The number of nitrogens with zero attached hydrogens (tertiary/aromatic N) is 4. The van der Waals surface area contributed by atoms with E-state index in [1.165, 1.54) is 11.3 Å². The molecule has 0 saturated heterocycles. The van der Waals surface area contributed by atoms with Crippen molar-refractivity contribution in [3.8, 4) is 12.3 Å². The van der Waals surface area contributed by atoms with Crippen LogP contribution in [0.3, 0.4) is 0 Å². The van der Waals surface area contributed by atoms with E-state index in [0.717, 1.165) is 60.2 Å². The smallest absolute Gasteiger partial charge is 0.261 e. The van der Waals surface area contributed by atoms with Gasteiger partial charge in [0.1, 0.15) is 23.4 Å². The normalized spacial score (nSPS) is 18.7. The molecular weight excluding hydrogens is 446 g/mol. The number of hydrogen-bond donors (Lipinski definition) is 3. The number of imidazole rings is 1. The number of rotatable bonds is 7. The molecule has 0 aromatic carbocycles. The van der Waals surface area contributed by atoms with Gasteiger partial charge in [0.15, 0.2) is 5.84 Å². The Morgan fingerprint density at radius 2 is 2.29 bits per heavy atom. The van der Waals surface area contributed by atoms with Gasteiger partial charge in [-0.3, -0.25) is 15.2 Å². The van der Waals surface area contributed by atoms with Crippen molar-refractivity contribution in [2.75, 3.05) is 0 Å². The first-order valence-electron chi connectivity index (χ1n) is 11.5. The summed E-state index contributed by atoms with van der Waals surface area (Å²) in [4.78, 5) is 27.3. The number of pyridine rings is 1. The Morgan fingerprint density at radius 1 is 1.47 bits per heavy atom. The van der Waals surface area contributed by atoms with Crippen LogP contribution in [-0.2, 0) is 6.42 Å². The molecule has 0 bridgehead atoms. The summed E-state index contributed by atoms with van der Waals surface area (Å²) in [5, 5.41) is 10.4. The first-order chi connectivity index (χ1) is 16.4. The Labute approximate surface area is 203 Å². The molecule has 176 valence electrons. The number of fused-ring (bicyclic) bond motifs is 1. The quantitative estimate of drug-likeness (QED) is 0.272. The Bertz CT molecular complexity index is 1280. The third-order valence-corrected chi connectivity index (χ3v) is 7.04. The van der Waals surface area contributed by atoms with Gasteiger partial charge in [-0.15, -0.1) is 17.8 Å². The van der Waals surface area contributed by atoms with Gasteiger partial charge in [-0.25, -0.2) is 9.98 Å². The fourth-order valence-corrected chi connectivity index (χ4v) is 5.28. The predicted octanol–water partition coefficient (Wildman–Crippen LogP) is 3.90. The number of carbonyl (C=O) groups excluding carboxylic acids is 1. The number of nitrogens with two attached hydrogens (primary N) is 1. The minimum absolute atomic E-state index is 0.0674. The van der Waals surface area contributed by atoms with Crippen molar-refractivity contribution in [1.82, 2.24) is 19.9 Å². The van der Waals surface area contributed by atoms with Gasteiger partial charge in [0.2, 0.25) is 0 Å². The van der Waals surface area contributed by atoms with Crippen LogP contribution in [-0.4, -0.2) is 38.7 Å². The summed E-state index contributed by atoms with van der Waals surface area (Å²) in [7, 11) is 0. The molecule has 3 heterocycles.